The molecule has 0 aliphatic carbocycles. The Hall–Kier alpha value is -1.42. The number of fused-ring (bicyclic) bond motifs is 1. The minimum atomic E-state index is -0.855. The van der Waals surface area contributed by atoms with E-state index >= 15 is 0 Å². The Morgan fingerprint density at radius 3 is 2.47 bits per heavy atom. The maximum atomic E-state index is 9.99. The van der Waals surface area contributed by atoms with Crippen molar-refractivity contribution in [2.75, 3.05) is 13.6 Å². The maximum Gasteiger partial charge on any atom is 0.106 e. The van der Waals surface area contributed by atoms with E-state index in [1.165, 1.54) is 0 Å². The van der Waals surface area contributed by atoms with Crippen molar-refractivity contribution in [2.24, 2.45) is 0 Å². The van der Waals surface area contributed by atoms with Crippen molar-refractivity contribution in [3.63, 3.8) is 0 Å². The zero-order valence-corrected chi connectivity index (χ0v) is 9.80. The molecule has 3 nitrogen and oxygen atoms in total. The van der Waals surface area contributed by atoms with Gasteiger partial charge in [-0.15, -0.1) is 0 Å². The van der Waals surface area contributed by atoms with Crippen molar-refractivity contribution < 1.29 is 10.2 Å². The molecular formula is C14H17NO2. The lowest BCUT2D eigenvalue weighted by atomic mass is 10.0. The van der Waals surface area contributed by atoms with Crippen molar-refractivity contribution in [3.8, 4) is 0 Å². The summed E-state index contributed by atoms with van der Waals surface area (Å²) in [6, 6.07) is 13.7. The van der Waals surface area contributed by atoms with Gasteiger partial charge >= 0.3 is 0 Å². The molecule has 0 saturated heterocycles. The van der Waals surface area contributed by atoms with E-state index < -0.39 is 12.2 Å². The molecule has 0 fully saturated rings. The fraction of sp³-hybridized carbons (Fsp3) is 0.286. The van der Waals surface area contributed by atoms with Crippen LogP contribution in [-0.2, 0) is 0 Å². The van der Waals surface area contributed by atoms with Crippen molar-refractivity contribution in [1.29, 1.82) is 0 Å². The van der Waals surface area contributed by atoms with Crippen LogP contribution in [0.2, 0.25) is 0 Å². The fourth-order valence-electron chi connectivity index (χ4n) is 1.93. The molecule has 0 aliphatic rings. The predicted molar refractivity (Wildman–Crippen MR) is 68.8 cm³/mol. The van der Waals surface area contributed by atoms with Gasteiger partial charge in [-0.05, 0) is 29.4 Å². The summed E-state index contributed by atoms with van der Waals surface area (Å²) >= 11 is 0. The number of aliphatic hydroxyl groups excluding tert-OH is 2. The van der Waals surface area contributed by atoms with Crippen molar-refractivity contribution in [3.05, 3.63) is 48.0 Å². The molecule has 90 valence electrons. The zero-order valence-electron chi connectivity index (χ0n) is 9.80. The largest absolute Gasteiger partial charge is 0.389 e. The second-order valence-electron chi connectivity index (χ2n) is 4.18. The minimum absolute atomic E-state index is 0.369. The third kappa shape index (κ3) is 2.64. The first kappa shape index (κ1) is 12.0. The van der Waals surface area contributed by atoms with Crippen molar-refractivity contribution in [1.82, 2.24) is 5.32 Å². The summed E-state index contributed by atoms with van der Waals surface area (Å²) in [5.74, 6) is 0. The van der Waals surface area contributed by atoms with Crippen molar-refractivity contribution in [2.45, 2.75) is 12.2 Å². The van der Waals surface area contributed by atoms with Crippen LogP contribution in [0.3, 0.4) is 0 Å². The molecule has 0 heterocycles. The monoisotopic (exact) mass is 231 g/mol. The van der Waals surface area contributed by atoms with E-state index in [9.17, 15) is 10.2 Å². The van der Waals surface area contributed by atoms with Crippen LogP contribution in [0.5, 0.6) is 0 Å². The molecule has 0 amide bonds. The van der Waals surface area contributed by atoms with Crippen LogP contribution in [0.1, 0.15) is 11.7 Å². The summed E-state index contributed by atoms with van der Waals surface area (Å²) in [4.78, 5) is 0. The van der Waals surface area contributed by atoms with Crippen LogP contribution in [0.4, 0.5) is 0 Å². The summed E-state index contributed by atoms with van der Waals surface area (Å²) in [5, 5.41) is 24.8. The topological polar surface area (TPSA) is 52.5 Å². The molecular weight excluding hydrogens is 214 g/mol. The van der Waals surface area contributed by atoms with Crippen LogP contribution in [0, 0.1) is 0 Å². The van der Waals surface area contributed by atoms with Crippen LogP contribution < -0.4 is 5.32 Å². The Labute approximate surface area is 101 Å². The number of hydrogen-bond donors (Lipinski definition) is 3. The quantitative estimate of drug-likeness (QED) is 0.746. The maximum absolute atomic E-state index is 9.99. The van der Waals surface area contributed by atoms with E-state index in [0.717, 1.165) is 16.3 Å². The van der Waals surface area contributed by atoms with Gasteiger partial charge in [-0.2, -0.15) is 0 Å². The number of hydrogen-bond acceptors (Lipinski definition) is 3. The molecule has 0 bridgehead atoms. The van der Waals surface area contributed by atoms with E-state index in [2.05, 4.69) is 5.32 Å². The number of rotatable bonds is 4. The van der Waals surface area contributed by atoms with E-state index in [1.807, 2.05) is 42.5 Å². The molecule has 2 atom stereocenters. The standard InChI is InChI=1S/C14H17NO2/c1-15-9-13(16)14(17)12-7-6-10-4-2-3-5-11(10)8-12/h2-8,13-17H,9H2,1H3. The lowest BCUT2D eigenvalue weighted by molar-refractivity contribution is 0.0203. The van der Waals surface area contributed by atoms with Gasteiger partial charge < -0.3 is 15.5 Å². The van der Waals surface area contributed by atoms with E-state index in [-0.39, 0.29) is 0 Å². The molecule has 2 rings (SSSR count). The zero-order chi connectivity index (χ0) is 12.3. The van der Waals surface area contributed by atoms with Crippen LogP contribution in [0.15, 0.2) is 42.5 Å². The van der Waals surface area contributed by atoms with Gasteiger partial charge in [-0.25, -0.2) is 0 Å². The first-order valence-electron chi connectivity index (χ1n) is 5.72. The molecule has 2 aromatic carbocycles. The lowest BCUT2D eigenvalue weighted by Gasteiger charge is -2.18. The summed E-state index contributed by atoms with van der Waals surface area (Å²) < 4.78 is 0. The number of benzene rings is 2. The molecule has 0 aromatic heterocycles. The van der Waals surface area contributed by atoms with Gasteiger partial charge in [-0.1, -0.05) is 36.4 Å². The van der Waals surface area contributed by atoms with Gasteiger partial charge in [0, 0.05) is 6.54 Å². The molecule has 2 unspecified atom stereocenters. The lowest BCUT2D eigenvalue weighted by Crippen LogP contribution is -2.29. The molecule has 0 radical (unpaired) electrons. The Morgan fingerprint density at radius 1 is 1.06 bits per heavy atom. The molecule has 0 saturated carbocycles. The highest BCUT2D eigenvalue weighted by Crippen LogP contribution is 2.22. The first-order valence-corrected chi connectivity index (χ1v) is 5.72. The Balaban J connectivity index is 2.29. The van der Waals surface area contributed by atoms with Gasteiger partial charge in [0.2, 0.25) is 0 Å². The van der Waals surface area contributed by atoms with Crippen LogP contribution >= 0.6 is 0 Å². The average Bonchev–Trinajstić information content (AvgIpc) is 2.37. The van der Waals surface area contributed by atoms with Gasteiger partial charge in [-0.3, -0.25) is 0 Å². The second kappa shape index (κ2) is 5.27. The smallest absolute Gasteiger partial charge is 0.106 e. The number of aliphatic hydroxyl groups is 2. The number of nitrogens with one attached hydrogen (secondary N) is 1. The molecule has 0 aliphatic heterocycles. The Morgan fingerprint density at radius 2 is 1.76 bits per heavy atom. The van der Waals surface area contributed by atoms with E-state index in [1.54, 1.807) is 7.05 Å². The summed E-state index contributed by atoms with van der Waals surface area (Å²) in [7, 11) is 1.75. The third-order valence-electron chi connectivity index (χ3n) is 2.89. The molecule has 2 aromatic rings. The average molecular weight is 231 g/mol. The van der Waals surface area contributed by atoms with Crippen LogP contribution in [0.25, 0.3) is 10.8 Å². The van der Waals surface area contributed by atoms with Gasteiger partial charge in [0.05, 0.1) is 6.10 Å². The predicted octanol–water partition coefficient (Wildman–Crippen LogP) is 1.45. The highest BCUT2D eigenvalue weighted by atomic mass is 16.3. The SMILES string of the molecule is CNCC(O)C(O)c1ccc2ccccc2c1. The fourth-order valence-corrected chi connectivity index (χ4v) is 1.93. The summed E-state index contributed by atoms with van der Waals surface area (Å²) in [6.45, 7) is 0.369. The normalized spacial score (nSPS) is 14.8. The van der Waals surface area contributed by atoms with Crippen molar-refractivity contribution >= 4 is 10.8 Å². The van der Waals surface area contributed by atoms with E-state index in [0.29, 0.717) is 6.54 Å². The Bertz CT molecular complexity index is 498. The summed E-state index contributed by atoms with van der Waals surface area (Å²) in [5.41, 5.74) is 0.742. The molecule has 0 spiro atoms. The third-order valence-corrected chi connectivity index (χ3v) is 2.89. The van der Waals surface area contributed by atoms with Gasteiger partial charge in [0.1, 0.15) is 6.10 Å². The van der Waals surface area contributed by atoms with Gasteiger partial charge in [0.25, 0.3) is 0 Å². The minimum Gasteiger partial charge on any atom is -0.389 e. The molecule has 3 heteroatoms. The highest BCUT2D eigenvalue weighted by Gasteiger charge is 2.17. The number of likely N-dealkylation sites (N-methyl/N-ethyl adjacent to an activating group) is 1. The summed E-state index contributed by atoms with van der Waals surface area (Å²) in [6.07, 6.45) is -1.65. The first-order chi connectivity index (χ1) is 8.22. The molecule has 3 N–H and O–H groups in total. The van der Waals surface area contributed by atoms with Gasteiger partial charge in [0.15, 0.2) is 0 Å². The second-order valence-corrected chi connectivity index (χ2v) is 4.18. The highest BCUT2D eigenvalue weighted by molar-refractivity contribution is 5.83. The molecule has 17 heavy (non-hydrogen) atoms. The van der Waals surface area contributed by atoms with Crippen LogP contribution in [-0.4, -0.2) is 29.9 Å². The Kier molecular flexibility index (Phi) is 3.74. The van der Waals surface area contributed by atoms with E-state index in [4.69, 9.17) is 0 Å².